The number of benzene rings is 2. The Morgan fingerprint density at radius 3 is 2.72 bits per heavy atom. The molecule has 0 atom stereocenters. The van der Waals surface area contributed by atoms with Crippen molar-refractivity contribution in [3.8, 4) is 10.6 Å². The Hall–Kier alpha value is -2.13. The van der Waals surface area contributed by atoms with E-state index in [1.165, 1.54) is 4.70 Å². The first-order chi connectivity index (χ1) is 8.92. The summed E-state index contributed by atoms with van der Waals surface area (Å²) in [4.78, 5) is 4.66. The summed E-state index contributed by atoms with van der Waals surface area (Å²) >= 11 is 1.70. The van der Waals surface area contributed by atoms with Crippen LogP contribution in [0.1, 0.15) is 0 Å². The summed E-state index contributed by atoms with van der Waals surface area (Å²) in [5, 5.41) is 2.14. The number of thiazole rings is 1. The van der Waals surface area contributed by atoms with Gasteiger partial charge >= 0.3 is 0 Å². The molecule has 86 valence electrons. The van der Waals surface area contributed by atoms with Crippen LogP contribution >= 0.6 is 11.3 Å². The third-order valence-electron chi connectivity index (χ3n) is 3.01. The lowest BCUT2D eigenvalue weighted by Crippen LogP contribution is -1.72. The second kappa shape index (κ2) is 3.68. The van der Waals surface area contributed by atoms with Crippen molar-refractivity contribution in [1.29, 1.82) is 0 Å². The molecular weight excluding hydrogens is 242 g/mol. The van der Waals surface area contributed by atoms with Gasteiger partial charge in [-0.05, 0) is 18.2 Å². The normalized spacial score (nSPS) is 11.3. The third-order valence-corrected chi connectivity index (χ3v) is 4.07. The van der Waals surface area contributed by atoms with Crippen LogP contribution in [-0.4, -0.2) is 4.98 Å². The zero-order valence-corrected chi connectivity index (χ0v) is 10.3. The first kappa shape index (κ1) is 9.85. The van der Waals surface area contributed by atoms with E-state index in [-0.39, 0.29) is 0 Å². The Bertz CT molecular complexity index is 811. The molecule has 0 aliphatic heterocycles. The summed E-state index contributed by atoms with van der Waals surface area (Å²) in [6.07, 6.45) is 1.79. The zero-order chi connectivity index (χ0) is 11.9. The molecule has 4 aromatic rings. The fraction of sp³-hybridized carbons (Fsp3) is 0. The number of para-hydroxylation sites is 2. The molecule has 0 fully saturated rings. The Morgan fingerprint density at radius 2 is 1.78 bits per heavy atom. The molecular formula is C15H9NOS. The van der Waals surface area contributed by atoms with Crippen LogP contribution in [0.2, 0.25) is 0 Å². The average molecular weight is 251 g/mol. The van der Waals surface area contributed by atoms with Gasteiger partial charge < -0.3 is 4.42 Å². The van der Waals surface area contributed by atoms with Crippen molar-refractivity contribution in [1.82, 2.24) is 4.98 Å². The summed E-state index contributed by atoms with van der Waals surface area (Å²) in [6.45, 7) is 0. The Kier molecular flexibility index (Phi) is 2.02. The van der Waals surface area contributed by atoms with E-state index >= 15 is 0 Å². The highest BCUT2D eigenvalue weighted by Crippen LogP contribution is 2.35. The quantitative estimate of drug-likeness (QED) is 0.489. The molecule has 2 heterocycles. The second-order valence-electron chi connectivity index (χ2n) is 4.13. The van der Waals surface area contributed by atoms with Crippen LogP contribution in [0.3, 0.4) is 0 Å². The highest BCUT2D eigenvalue weighted by Gasteiger charge is 2.11. The van der Waals surface area contributed by atoms with Crippen LogP contribution in [0.25, 0.3) is 31.8 Å². The maximum atomic E-state index is 5.57. The number of hydrogen-bond donors (Lipinski definition) is 0. The van der Waals surface area contributed by atoms with Gasteiger partial charge in [0.05, 0.1) is 15.8 Å². The number of rotatable bonds is 1. The molecule has 18 heavy (non-hydrogen) atoms. The minimum atomic E-state index is 0.909. The summed E-state index contributed by atoms with van der Waals surface area (Å²) < 4.78 is 6.77. The second-order valence-corrected chi connectivity index (χ2v) is 5.16. The smallest absolute Gasteiger partial charge is 0.134 e. The zero-order valence-electron chi connectivity index (χ0n) is 9.46. The van der Waals surface area contributed by atoms with Gasteiger partial charge in [0, 0.05) is 5.39 Å². The largest absolute Gasteiger partial charge is 0.464 e. The summed E-state index contributed by atoms with van der Waals surface area (Å²) in [6, 6.07) is 16.2. The van der Waals surface area contributed by atoms with E-state index in [1.54, 1.807) is 17.6 Å². The van der Waals surface area contributed by atoms with Crippen LogP contribution in [0.15, 0.2) is 59.2 Å². The van der Waals surface area contributed by atoms with Crippen LogP contribution in [0, 0.1) is 0 Å². The molecule has 2 nitrogen and oxygen atoms in total. The molecule has 0 saturated heterocycles. The van der Waals surface area contributed by atoms with Crippen molar-refractivity contribution in [3.63, 3.8) is 0 Å². The van der Waals surface area contributed by atoms with Gasteiger partial charge in [-0.1, -0.05) is 30.3 Å². The van der Waals surface area contributed by atoms with Crippen molar-refractivity contribution < 1.29 is 4.42 Å². The first-order valence-corrected chi connectivity index (χ1v) is 6.56. The van der Waals surface area contributed by atoms with Crippen molar-refractivity contribution >= 4 is 32.5 Å². The van der Waals surface area contributed by atoms with Crippen molar-refractivity contribution in [3.05, 3.63) is 54.8 Å². The number of aromatic nitrogens is 1. The van der Waals surface area contributed by atoms with Crippen LogP contribution in [0.5, 0.6) is 0 Å². The van der Waals surface area contributed by atoms with Crippen molar-refractivity contribution in [2.45, 2.75) is 0 Å². The minimum absolute atomic E-state index is 0.909. The molecule has 0 amide bonds. The van der Waals surface area contributed by atoms with Gasteiger partial charge in [0.15, 0.2) is 0 Å². The van der Waals surface area contributed by atoms with Crippen molar-refractivity contribution in [2.75, 3.05) is 0 Å². The van der Waals surface area contributed by atoms with Crippen LogP contribution < -0.4 is 0 Å². The molecule has 0 spiro atoms. The molecule has 0 bridgehead atoms. The summed E-state index contributed by atoms with van der Waals surface area (Å²) in [7, 11) is 0. The number of furan rings is 1. The van der Waals surface area contributed by atoms with E-state index in [9.17, 15) is 0 Å². The average Bonchev–Trinajstić information content (AvgIpc) is 3.02. The lowest BCUT2D eigenvalue weighted by Gasteiger charge is -1.90. The summed E-state index contributed by atoms with van der Waals surface area (Å²) in [5.74, 6) is 0. The molecule has 2 aromatic carbocycles. The molecule has 0 N–H and O–H groups in total. The molecule has 3 heteroatoms. The van der Waals surface area contributed by atoms with Gasteiger partial charge in [0.25, 0.3) is 0 Å². The van der Waals surface area contributed by atoms with Gasteiger partial charge in [-0.15, -0.1) is 11.3 Å². The maximum Gasteiger partial charge on any atom is 0.134 e. The predicted molar refractivity (Wildman–Crippen MR) is 74.8 cm³/mol. The monoisotopic (exact) mass is 251 g/mol. The lowest BCUT2D eigenvalue weighted by atomic mass is 10.2. The van der Waals surface area contributed by atoms with Crippen LogP contribution in [-0.2, 0) is 0 Å². The number of nitrogens with zero attached hydrogens (tertiary/aromatic N) is 1. The van der Waals surface area contributed by atoms with E-state index in [4.69, 9.17) is 4.42 Å². The third kappa shape index (κ3) is 1.38. The van der Waals surface area contributed by atoms with Gasteiger partial charge in [-0.3, -0.25) is 0 Å². The van der Waals surface area contributed by atoms with E-state index < -0.39 is 0 Å². The Labute approximate surface area is 108 Å². The molecule has 0 aliphatic carbocycles. The van der Waals surface area contributed by atoms with E-state index in [2.05, 4.69) is 17.1 Å². The van der Waals surface area contributed by atoms with E-state index in [1.807, 2.05) is 36.4 Å². The standard InChI is InChI=1S/C15H9NOS/c1-3-7-13-10(5-1)11(9-17-13)15-16-12-6-2-4-8-14(12)18-15/h1-9H. The van der Waals surface area contributed by atoms with E-state index in [0.29, 0.717) is 0 Å². The lowest BCUT2D eigenvalue weighted by molar-refractivity contribution is 0.617. The number of fused-ring (bicyclic) bond motifs is 2. The van der Waals surface area contributed by atoms with Gasteiger partial charge in [0.1, 0.15) is 16.9 Å². The molecule has 0 radical (unpaired) electrons. The number of hydrogen-bond acceptors (Lipinski definition) is 3. The summed E-state index contributed by atoms with van der Waals surface area (Å²) in [5.41, 5.74) is 3.03. The SMILES string of the molecule is c1ccc2sc(-c3coc4ccccc34)nc2c1. The van der Waals surface area contributed by atoms with E-state index in [0.717, 1.165) is 27.1 Å². The Balaban J connectivity index is 2.01. The fourth-order valence-corrected chi connectivity index (χ4v) is 3.12. The highest BCUT2D eigenvalue weighted by molar-refractivity contribution is 7.21. The van der Waals surface area contributed by atoms with Gasteiger partial charge in [0.2, 0.25) is 0 Å². The predicted octanol–water partition coefficient (Wildman–Crippen LogP) is 4.71. The fourth-order valence-electron chi connectivity index (χ4n) is 2.13. The molecule has 2 aromatic heterocycles. The molecule has 0 unspecified atom stereocenters. The molecule has 0 saturated carbocycles. The highest BCUT2D eigenvalue weighted by atomic mass is 32.1. The van der Waals surface area contributed by atoms with Gasteiger partial charge in [-0.2, -0.15) is 0 Å². The van der Waals surface area contributed by atoms with Crippen LogP contribution in [0.4, 0.5) is 0 Å². The topological polar surface area (TPSA) is 26.0 Å². The van der Waals surface area contributed by atoms with Crippen molar-refractivity contribution in [2.24, 2.45) is 0 Å². The Morgan fingerprint density at radius 1 is 0.944 bits per heavy atom. The van der Waals surface area contributed by atoms with Gasteiger partial charge in [-0.25, -0.2) is 4.98 Å². The minimum Gasteiger partial charge on any atom is -0.464 e. The molecule has 0 aliphatic rings. The maximum absolute atomic E-state index is 5.57. The molecule has 4 rings (SSSR count). The first-order valence-electron chi connectivity index (χ1n) is 5.74.